The second-order valence-corrected chi connectivity index (χ2v) is 4.17. The van der Waals surface area contributed by atoms with Crippen molar-refractivity contribution in [1.29, 1.82) is 0 Å². The Kier molecular flexibility index (Phi) is 1.41. The minimum Gasteiger partial charge on any atom is -0.264 e. The number of hydrogen-bond donors (Lipinski definition) is 0. The van der Waals surface area contributed by atoms with E-state index in [1.165, 1.54) is 16.3 Å². The van der Waals surface area contributed by atoms with Gasteiger partial charge in [0, 0.05) is 17.8 Å². The summed E-state index contributed by atoms with van der Waals surface area (Å²) < 4.78 is 0. The minimum atomic E-state index is 0.186. The molecule has 76 valence electrons. The van der Waals surface area contributed by atoms with Crippen LogP contribution in [0.2, 0.25) is 0 Å². The molecule has 1 aliphatic carbocycles. The van der Waals surface area contributed by atoms with Gasteiger partial charge in [0.15, 0.2) is 0 Å². The normalized spacial score (nSPS) is 25.0. The molecule has 2 aliphatic rings. The summed E-state index contributed by atoms with van der Waals surface area (Å²) in [4.78, 5) is 13.1. The molecule has 0 radical (unpaired) electrons. The smallest absolute Gasteiger partial charge is 0.110 e. The summed E-state index contributed by atoms with van der Waals surface area (Å²) in [5, 5.41) is 2.52. The topological polar surface area (TPSA) is 37.6 Å². The number of benzene rings is 1. The summed E-state index contributed by atoms with van der Waals surface area (Å²) in [7, 11) is 0. The van der Waals surface area contributed by atoms with E-state index in [9.17, 15) is 0 Å². The largest absolute Gasteiger partial charge is 0.264 e. The number of pyridine rings is 1. The lowest BCUT2D eigenvalue weighted by Crippen LogP contribution is -2.09. The van der Waals surface area contributed by atoms with Gasteiger partial charge in [0.25, 0.3) is 0 Å². The van der Waals surface area contributed by atoms with Crippen LogP contribution in [0.15, 0.2) is 40.4 Å². The quantitative estimate of drug-likeness (QED) is 0.654. The molecule has 2 atom stereocenters. The molecule has 2 heterocycles. The van der Waals surface area contributed by atoms with Gasteiger partial charge in [0.2, 0.25) is 0 Å². The second kappa shape index (κ2) is 2.76. The highest BCUT2D eigenvalue weighted by atomic mass is 14.9. The highest BCUT2D eigenvalue weighted by molar-refractivity contribution is 5.96. The van der Waals surface area contributed by atoms with Crippen molar-refractivity contribution in [1.82, 2.24) is 4.98 Å². The van der Waals surface area contributed by atoms with Crippen LogP contribution in [0.4, 0.5) is 0 Å². The van der Waals surface area contributed by atoms with Gasteiger partial charge in [0.1, 0.15) is 6.34 Å². The average Bonchev–Trinajstić information content (AvgIpc) is 2.68. The highest BCUT2D eigenvalue weighted by Gasteiger charge is 2.34. The monoisotopic (exact) mass is 207 g/mol. The van der Waals surface area contributed by atoms with Gasteiger partial charge in [-0.25, -0.2) is 4.99 Å². The van der Waals surface area contributed by atoms with E-state index < -0.39 is 0 Å². The number of hydrogen-bond acceptors (Lipinski definition) is 3. The van der Waals surface area contributed by atoms with Crippen molar-refractivity contribution in [3.63, 3.8) is 0 Å². The first kappa shape index (κ1) is 8.16. The summed E-state index contributed by atoms with van der Waals surface area (Å²) >= 11 is 0. The Bertz CT molecular complexity index is 590. The number of aromatic nitrogens is 1. The van der Waals surface area contributed by atoms with Crippen LogP contribution in [0.1, 0.15) is 23.2 Å². The van der Waals surface area contributed by atoms with E-state index in [2.05, 4.69) is 39.2 Å². The molecule has 0 N–H and O–H groups in total. The molecule has 0 amide bonds. The highest BCUT2D eigenvalue weighted by Crippen LogP contribution is 2.46. The summed E-state index contributed by atoms with van der Waals surface area (Å²) in [5.74, 6) is 0.228. The molecule has 0 saturated heterocycles. The van der Waals surface area contributed by atoms with E-state index in [0.717, 1.165) is 5.69 Å². The maximum Gasteiger partial charge on any atom is 0.110 e. The Morgan fingerprint density at radius 1 is 1.12 bits per heavy atom. The fourth-order valence-corrected chi connectivity index (χ4v) is 2.69. The maximum absolute atomic E-state index is 4.50. The molecule has 4 rings (SSSR count). The van der Waals surface area contributed by atoms with Crippen LogP contribution in [0.5, 0.6) is 0 Å². The molecular weight excluding hydrogens is 198 g/mol. The van der Waals surface area contributed by atoms with Gasteiger partial charge < -0.3 is 0 Å². The van der Waals surface area contributed by atoms with Crippen LogP contribution in [-0.4, -0.2) is 17.5 Å². The average molecular weight is 207 g/mol. The van der Waals surface area contributed by atoms with E-state index >= 15 is 0 Å². The molecule has 1 aromatic heterocycles. The molecule has 3 heteroatoms. The molecule has 16 heavy (non-hydrogen) atoms. The zero-order valence-electron chi connectivity index (χ0n) is 8.54. The van der Waals surface area contributed by atoms with Crippen molar-refractivity contribution in [3.8, 4) is 0 Å². The van der Waals surface area contributed by atoms with Gasteiger partial charge >= 0.3 is 0 Å². The SMILES string of the molecule is C1=NC=NC2c3cccc4ccnc(c34)C12. The Hall–Kier alpha value is -2.03. The molecular formula is C13H9N3. The lowest BCUT2D eigenvalue weighted by Gasteiger charge is -2.14. The first-order chi connectivity index (χ1) is 7.95. The van der Waals surface area contributed by atoms with Gasteiger partial charge in [-0.1, -0.05) is 18.2 Å². The first-order valence-electron chi connectivity index (χ1n) is 5.37. The molecule has 1 aromatic carbocycles. The molecule has 2 unspecified atom stereocenters. The lowest BCUT2D eigenvalue weighted by molar-refractivity contribution is 0.700. The lowest BCUT2D eigenvalue weighted by atomic mass is 10.0. The van der Waals surface area contributed by atoms with E-state index in [1.54, 1.807) is 6.34 Å². The second-order valence-electron chi connectivity index (χ2n) is 4.17. The van der Waals surface area contributed by atoms with Crippen molar-refractivity contribution < 1.29 is 0 Å². The molecule has 3 nitrogen and oxygen atoms in total. The Labute approximate surface area is 92.6 Å². The van der Waals surface area contributed by atoms with Crippen LogP contribution in [0.3, 0.4) is 0 Å². The zero-order chi connectivity index (χ0) is 10.5. The van der Waals surface area contributed by atoms with Gasteiger partial charge in [-0.15, -0.1) is 0 Å². The number of fused-ring (bicyclic) bond motifs is 3. The molecule has 1 aliphatic heterocycles. The minimum absolute atomic E-state index is 0.186. The number of rotatable bonds is 0. The molecule has 0 saturated carbocycles. The Morgan fingerprint density at radius 2 is 2.12 bits per heavy atom. The van der Waals surface area contributed by atoms with Gasteiger partial charge in [-0.3, -0.25) is 9.98 Å². The van der Waals surface area contributed by atoms with E-state index in [0.29, 0.717) is 0 Å². The number of aliphatic imine (C=N–C) groups is 2. The molecule has 0 fully saturated rings. The van der Waals surface area contributed by atoms with Crippen molar-refractivity contribution >= 4 is 23.3 Å². The first-order valence-corrected chi connectivity index (χ1v) is 5.37. The fourth-order valence-electron chi connectivity index (χ4n) is 2.69. The van der Waals surface area contributed by atoms with Crippen LogP contribution in [0, 0.1) is 0 Å². The summed E-state index contributed by atoms with van der Waals surface area (Å²) in [6, 6.07) is 8.61. The van der Waals surface area contributed by atoms with Crippen molar-refractivity contribution in [2.45, 2.75) is 12.0 Å². The Morgan fingerprint density at radius 3 is 3.12 bits per heavy atom. The van der Waals surface area contributed by atoms with Crippen molar-refractivity contribution in [3.05, 3.63) is 41.7 Å². The molecule has 0 bridgehead atoms. The van der Waals surface area contributed by atoms with Gasteiger partial charge in [-0.2, -0.15) is 0 Å². The molecule has 0 spiro atoms. The van der Waals surface area contributed by atoms with E-state index in [1.807, 2.05) is 12.4 Å². The third-order valence-electron chi connectivity index (χ3n) is 3.37. The van der Waals surface area contributed by atoms with Crippen LogP contribution in [-0.2, 0) is 0 Å². The Balaban J connectivity index is 2.15. The van der Waals surface area contributed by atoms with E-state index in [-0.39, 0.29) is 12.0 Å². The van der Waals surface area contributed by atoms with Gasteiger partial charge in [0.05, 0.1) is 17.7 Å². The van der Waals surface area contributed by atoms with E-state index in [4.69, 9.17) is 0 Å². The van der Waals surface area contributed by atoms with Crippen molar-refractivity contribution in [2.75, 3.05) is 0 Å². The zero-order valence-corrected chi connectivity index (χ0v) is 8.54. The van der Waals surface area contributed by atoms with Gasteiger partial charge in [-0.05, 0) is 17.0 Å². The van der Waals surface area contributed by atoms with Crippen molar-refractivity contribution in [2.24, 2.45) is 9.98 Å². The van der Waals surface area contributed by atoms with Crippen LogP contribution < -0.4 is 0 Å². The predicted octanol–water partition coefficient (Wildman–Crippen LogP) is 2.49. The standard InChI is InChI=1S/C13H9N3/c1-2-8-4-5-15-13-10-6-14-7-16-12(10)9(3-1)11(8)13/h1-7,10,12H. The summed E-state index contributed by atoms with van der Waals surface area (Å²) in [6.45, 7) is 0. The van der Waals surface area contributed by atoms with Crippen LogP contribution in [0.25, 0.3) is 10.8 Å². The third kappa shape index (κ3) is 0.858. The fraction of sp³-hybridized carbons (Fsp3) is 0.154. The number of nitrogens with zero attached hydrogens (tertiary/aromatic N) is 3. The summed E-state index contributed by atoms with van der Waals surface area (Å²) in [6.07, 6.45) is 5.47. The maximum atomic E-state index is 4.50. The molecule has 2 aromatic rings. The van der Waals surface area contributed by atoms with Crippen LogP contribution >= 0.6 is 0 Å². The predicted molar refractivity (Wildman–Crippen MR) is 64.2 cm³/mol. The summed E-state index contributed by atoms with van der Waals surface area (Å²) in [5.41, 5.74) is 2.41. The third-order valence-corrected chi connectivity index (χ3v) is 3.37.